The van der Waals surface area contributed by atoms with E-state index in [1.165, 1.54) is 18.6 Å². The summed E-state index contributed by atoms with van der Waals surface area (Å²) in [6.45, 7) is 5.65. The predicted octanol–water partition coefficient (Wildman–Crippen LogP) is 4.82. The summed E-state index contributed by atoms with van der Waals surface area (Å²) in [5.41, 5.74) is 5.47. The van der Waals surface area contributed by atoms with Crippen molar-refractivity contribution >= 4 is 15.8 Å². The first-order chi connectivity index (χ1) is 17.2. The molecule has 3 heterocycles. The Balaban J connectivity index is 1.71. The second-order valence-corrected chi connectivity index (χ2v) is 10.9. The van der Waals surface area contributed by atoms with E-state index in [4.69, 9.17) is 0 Å². The molecule has 0 aliphatic heterocycles. The Labute approximate surface area is 209 Å². The lowest BCUT2D eigenvalue weighted by molar-refractivity contribution is 0.561. The summed E-state index contributed by atoms with van der Waals surface area (Å²) in [6, 6.07) is 8.54. The number of rotatable bonds is 5. The zero-order valence-electron chi connectivity index (χ0n) is 20.3. The van der Waals surface area contributed by atoms with Crippen molar-refractivity contribution in [1.29, 1.82) is 0 Å². The monoisotopic (exact) mass is 505 g/mol. The molecule has 9 heteroatoms. The molecule has 0 amide bonds. The standard InChI is InChI=1S/C27H25F2N5OS/c1-5-24-22(27(33-16-32-24)20-8-6-17(2)30-15-20)10-7-19-12-25(18(3)31-14-19)34-36(4,35)26-11-9-21(28)13-23(26)29/h6,8-9,11-16,36H,5H2,1-4H3,(H,34,35). The molecule has 0 aliphatic carbocycles. The molecular weight excluding hydrogens is 480 g/mol. The van der Waals surface area contributed by atoms with Gasteiger partial charge in [0.2, 0.25) is 0 Å². The van der Waals surface area contributed by atoms with E-state index in [-0.39, 0.29) is 4.90 Å². The van der Waals surface area contributed by atoms with Gasteiger partial charge < -0.3 is 4.72 Å². The second-order valence-electron chi connectivity index (χ2n) is 8.32. The van der Waals surface area contributed by atoms with Crippen LogP contribution in [0.1, 0.15) is 35.1 Å². The molecule has 36 heavy (non-hydrogen) atoms. The molecular formula is C27H25F2N5OS. The average molecular weight is 506 g/mol. The van der Waals surface area contributed by atoms with Crippen LogP contribution in [0.3, 0.4) is 0 Å². The summed E-state index contributed by atoms with van der Waals surface area (Å²) in [7, 11) is -3.42. The Morgan fingerprint density at radius 1 is 0.972 bits per heavy atom. The van der Waals surface area contributed by atoms with Crippen LogP contribution in [0.2, 0.25) is 0 Å². The van der Waals surface area contributed by atoms with E-state index in [1.807, 2.05) is 26.0 Å². The van der Waals surface area contributed by atoms with Crippen LogP contribution in [0.25, 0.3) is 11.3 Å². The predicted molar refractivity (Wildman–Crippen MR) is 138 cm³/mol. The maximum atomic E-state index is 14.3. The first kappa shape index (κ1) is 25.1. The van der Waals surface area contributed by atoms with Gasteiger partial charge in [-0.2, -0.15) is 0 Å². The van der Waals surface area contributed by atoms with E-state index in [0.717, 1.165) is 23.0 Å². The first-order valence-electron chi connectivity index (χ1n) is 11.2. The van der Waals surface area contributed by atoms with Crippen molar-refractivity contribution in [3.63, 3.8) is 0 Å². The molecule has 4 rings (SSSR count). The van der Waals surface area contributed by atoms with Crippen LogP contribution in [0.15, 0.2) is 60.0 Å². The minimum absolute atomic E-state index is 0.0924. The normalized spacial score (nSPS) is 11.5. The van der Waals surface area contributed by atoms with Crippen molar-refractivity contribution in [3.05, 3.63) is 95.0 Å². The number of nitrogens with one attached hydrogen (secondary N) is 1. The molecule has 0 saturated carbocycles. The van der Waals surface area contributed by atoms with E-state index in [9.17, 15) is 13.0 Å². The van der Waals surface area contributed by atoms with Crippen molar-refractivity contribution < 1.29 is 13.0 Å². The minimum Gasteiger partial charge on any atom is -0.322 e. The average Bonchev–Trinajstić information content (AvgIpc) is 2.84. The van der Waals surface area contributed by atoms with Crippen molar-refractivity contribution in [2.75, 3.05) is 11.0 Å². The Morgan fingerprint density at radius 2 is 1.78 bits per heavy atom. The molecule has 0 radical (unpaired) electrons. The molecule has 0 atom stereocenters. The quantitative estimate of drug-likeness (QED) is 0.300. The van der Waals surface area contributed by atoms with Crippen LogP contribution in [0.4, 0.5) is 14.5 Å². The third-order valence-electron chi connectivity index (χ3n) is 5.57. The zero-order chi connectivity index (χ0) is 25.9. The fourth-order valence-corrected chi connectivity index (χ4v) is 5.25. The van der Waals surface area contributed by atoms with Gasteiger partial charge in [0.25, 0.3) is 0 Å². The van der Waals surface area contributed by atoms with Gasteiger partial charge in [-0.1, -0.05) is 18.8 Å². The molecule has 0 saturated heterocycles. The first-order valence-corrected chi connectivity index (χ1v) is 13.4. The highest BCUT2D eigenvalue weighted by Gasteiger charge is 2.18. The van der Waals surface area contributed by atoms with Crippen LogP contribution in [-0.2, 0) is 16.5 Å². The summed E-state index contributed by atoms with van der Waals surface area (Å²) in [4.78, 5) is 17.5. The van der Waals surface area contributed by atoms with Crippen molar-refractivity contribution in [2.24, 2.45) is 0 Å². The van der Waals surface area contributed by atoms with E-state index >= 15 is 0 Å². The maximum Gasteiger partial charge on any atom is 0.141 e. The molecule has 0 unspecified atom stereocenters. The van der Waals surface area contributed by atoms with Gasteiger partial charge in [0.05, 0.1) is 33.2 Å². The Hall–Kier alpha value is -4.03. The highest BCUT2D eigenvalue weighted by molar-refractivity contribution is 8.03. The zero-order valence-corrected chi connectivity index (χ0v) is 21.2. The molecule has 6 nitrogen and oxygen atoms in total. The number of aromatic nitrogens is 4. The number of aryl methyl sites for hydroxylation is 3. The van der Waals surface area contributed by atoms with E-state index in [0.29, 0.717) is 40.7 Å². The fourth-order valence-electron chi connectivity index (χ4n) is 3.61. The Bertz CT molecular complexity index is 1540. The van der Waals surface area contributed by atoms with Crippen molar-refractivity contribution in [3.8, 4) is 23.1 Å². The molecule has 3 aromatic heterocycles. The van der Waals surface area contributed by atoms with Gasteiger partial charge in [-0.25, -0.2) is 18.7 Å². The van der Waals surface area contributed by atoms with Gasteiger partial charge in [-0.15, -0.1) is 0 Å². The summed E-state index contributed by atoms with van der Waals surface area (Å²) >= 11 is 0. The SMILES string of the molecule is CCc1ncnc(-c2ccc(C)nc2)c1C#Cc1cnc(C)c(N[SH](C)(=O)c2ccc(F)cc2F)c1. The molecule has 0 spiro atoms. The summed E-state index contributed by atoms with van der Waals surface area (Å²) in [6.07, 6.45) is 6.93. The van der Waals surface area contributed by atoms with E-state index in [1.54, 1.807) is 25.4 Å². The van der Waals surface area contributed by atoms with Crippen LogP contribution < -0.4 is 4.72 Å². The van der Waals surface area contributed by atoms with Crippen LogP contribution >= 0.6 is 0 Å². The third kappa shape index (κ3) is 5.44. The molecule has 0 bridgehead atoms. The summed E-state index contributed by atoms with van der Waals surface area (Å²) < 4.78 is 43.8. The molecule has 1 aromatic carbocycles. The minimum atomic E-state index is -3.42. The highest BCUT2D eigenvalue weighted by Crippen LogP contribution is 2.26. The van der Waals surface area contributed by atoms with Gasteiger partial charge in [0.1, 0.15) is 18.0 Å². The fraction of sp³-hybridized carbons (Fsp3) is 0.185. The molecule has 0 fully saturated rings. The molecule has 1 N–H and O–H groups in total. The number of anilines is 1. The van der Waals surface area contributed by atoms with Gasteiger partial charge in [0.15, 0.2) is 0 Å². The van der Waals surface area contributed by atoms with Gasteiger partial charge in [0, 0.05) is 41.5 Å². The molecule has 0 aliphatic rings. The number of thiol groups is 1. The Kier molecular flexibility index (Phi) is 7.17. The smallest absolute Gasteiger partial charge is 0.141 e. The number of hydrogen-bond acceptors (Lipinski definition) is 5. The lowest BCUT2D eigenvalue weighted by Gasteiger charge is -2.23. The highest BCUT2D eigenvalue weighted by atomic mass is 32.3. The number of halogens is 2. The Morgan fingerprint density at radius 3 is 2.47 bits per heavy atom. The van der Waals surface area contributed by atoms with Crippen LogP contribution in [-0.4, -0.2) is 30.4 Å². The van der Waals surface area contributed by atoms with Gasteiger partial charge >= 0.3 is 0 Å². The van der Waals surface area contributed by atoms with Crippen LogP contribution in [0.5, 0.6) is 0 Å². The lowest BCUT2D eigenvalue weighted by atomic mass is 10.0. The molecule has 4 aromatic rings. The third-order valence-corrected chi connectivity index (χ3v) is 7.52. The van der Waals surface area contributed by atoms with E-state index in [2.05, 4.69) is 36.5 Å². The molecule has 184 valence electrons. The second kappa shape index (κ2) is 10.3. The number of pyridine rings is 2. The number of benzene rings is 1. The van der Waals surface area contributed by atoms with Crippen molar-refractivity contribution in [2.45, 2.75) is 32.1 Å². The largest absolute Gasteiger partial charge is 0.322 e. The van der Waals surface area contributed by atoms with Crippen LogP contribution in [0, 0.1) is 37.3 Å². The van der Waals surface area contributed by atoms with E-state index < -0.39 is 21.8 Å². The van der Waals surface area contributed by atoms with Gasteiger partial charge in [-0.3, -0.25) is 14.2 Å². The lowest BCUT2D eigenvalue weighted by Crippen LogP contribution is -2.23. The van der Waals surface area contributed by atoms with Gasteiger partial charge in [-0.05, 0) is 60.7 Å². The number of nitrogens with zero attached hydrogens (tertiary/aromatic N) is 4. The maximum absolute atomic E-state index is 14.3. The topological polar surface area (TPSA) is 80.7 Å². The van der Waals surface area contributed by atoms with Crippen molar-refractivity contribution in [1.82, 2.24) is 19.9 Å². The summed E-state index contributed by atoms with van der Waals surface area (Å²) in [5.74, 6) is 4.68. The summed E-state index contributed by atoms with van der Waals surface area (Å²) in [5, 5.41) is 0. The number of hydrogen-bond donors (Lipinski definition) is 2.